The van der Waals surface area contributed by atoms with E-state index in [9.17, 15) is 0 Å². The Morgan fingerprint density at radius 1 is 0.441 bits per heavy atom. The maximum atomic E-state index is 5.80. The molecule has 206 valence electrons. The van der Waals surface area contributed by atoms with Gasteiger partial charge in [-0.25, -0.2) is 0 Å². The van der Waals surface area contributed by atoms with Gasteiger partial charge < -0.3 is 14.0 Å². The average Bonchev–Trinajstić information content (AvgIpc) is 2.82. The predicted molar refractivity (Wildman–Crippen MR) is 155 cm³/mol. The van der Waals surface area contributed by atoms with Crippen molar-refractivity contribution in [1.29, 1.82) is 0 Å². The van der Waals surface area contributed by atoms with Crippen LogP contribution in [0.5, 0.6) is 0 Å². The number of ether oxygens (including phenoxy) is 2. The fourth-order valence-electron chi connectivity index (χ4n) is 4.30. The van der Waals surface area contributed by atoms with Crippen molar-refractivity contribution in [1.82, 2.24) is 0 Å². The predicted octanol–water partition coefficient (Wildman–Crippen LogP) is 8.89. The summed E-state index contributed by atoms with van der Waals surface area (Å²) in [7, 11) is 4.69. The highest BCUT2D eigenvalue weighted by atomic mass is 32.2. The third-order valence-corrected chi connectivity index (χ3v) is 7.88. The second-order valence-electron chi connectivity index (χ2n) is 10.9. The van der Waals surface area contributed by atoms with Crippen LogP contribution in [0.2, 0.25) is 0 Å². The highest BCUT2D eigenvalue weighted by molar-refractivity contribution is 7.99. The Kier molecular flexibility index (Phi) is 28.0. The summed E-state index contributed by atoms with van der Waals surface area (Å²) in [5, 5.41) is 0. The van der Waals surface area contributed by atoms with Crippen molar-refractivity contribution in [2.75, 3.05) is 65.1 Å². The van der Waals surface area contributed by atoms with E-state index >= 15 is 0 Å². The maximum Gasteiger partial charge on any atom is 0.102 e. The van der Waals surface area contributed by atoms with Crippen molar-refractivity contribution in [2.45, 2.75) is 129 Å². The first-order chi connectivity index (χ1) is 16.6. The van der Waals surface area contributed by atoms with Crippen LogP contribution in [0.25, 0.3) is 0 Å². The fraction of sp³-hybridized carbons (Fsp3) is 1.00. The first kappa shape index (κ1) is 34.2. The van der Waals surface area contributed by atoms with Crippen LogP contribution in [-0.2, 0) is 9.47 Å². The first-order valence-corrected chi connectivity index (χ1v) is 16.3. The second kappa shape index (κ2) is 27.8. The van der Waals surface area contributed by atoms with Gasteiger partial charge >= 0.3 is 0 Å². The molecule has 0 radical (unpaired) electrons. The maximum absolute atomic E-state index is 5.80. The molecule has 0 aliphatic carbocycles. The minimum absolute atomic E-state index is 0.735. The standard InChI is InChI=1S/C30H64NO2S/c1-5-7-9-10-11-12-13-14-15-16-17-18-19-20-21-22-23-31(3,4)24-25-32-26-27-33-28-30-34-29-8-6-2/h5-30H2,1-4H3/q+1. The van der Waals surface area contributed by atoms with E-state index in [2.05, 4.69) is 27.9 Å². The lowest BCUT2D eigenvalue weighted by molar-refractivity contribution is -0.891. The average molecular weight is 503 g/mol. The highest BCUT2D eigenvalue weighted by Crippen LogP contribution is 2.14. The van der Waals surface area contributed by atoms with Crippen molar-refractivity contribution in [3.05, 3.63) is 0 Å². The lowest BCUT2D eigenvalue weighted by Crippen LogP contribution is -2.43. The highest BCUT2D eigenvalue weighted by Gasteiger charge is 2.13. The SMILES string of the molecule is CCCCCCCCCCCCCCCCCC[N+](C)(C)CCOCCOCCSCCCC. The Labute approximate surface area is 220 Å². The zero-order valence-corrected chi connectivity index (χ0v) is 24.9. The minimum atomic E-state index is 0.735. The van der Waals surface area contributed by atoms with Gasteiger partial charge in [-0.3, -0.25) is 0 Å². The Bertz CT molecular complexity index is 379. The topological polar surface area (TPSA) is 18.5 Å². The van der Waals surface area contributed by atoms with Crippen molar-refractivity contribution < 1.29 is 14.0 Å². The van der Waals surface area contributed by atoms with Gasteiger partial charge in [-0.2, -0.15) is 11.8 Å². The van der Waals surface area contributed by atoms with Gasteiger partial charge in [0.2, 0.25) is 0 Å². The van der Waals surface area contributed by atoms with Gasteiger partial charge in [0, 0.05) is 5.75 Å². The number of unbranched alkanes of at least 4 members (excludes halogenated alkanes) is 16. The molecule has 0 aromatic rings. The van der Waals surface area contributed by atoms with E-state index in [1.54, 1.807) is 0 Å². The number of nitrogens with zero attached hydrogens (tertiary/aromatic N) is 1. The van der Waals surface area contributed by atoms with Crippen LogP contribution in [0.15, 0.2) is 0 Å². The first-order valence-electron chi connectivity index (χ1n) is 15.2. The molecule has 34 heavy (non-hydrogen) atoms. The molecule has 0 saturated heterocycles. The van der Waals surface area contributed by atoms with E-state index in [0.717, 1.165) is 43.2 Å². The van der Waals surface area contributed by atoms with Crippen LogP contribution in [0.4, 0.5) is 0 Å². The molecule has 0 aliphatic heterocycles. The van der Waals surface area contributed by atoms with Gasteiger partial charge in [0.1, 0.15) is 6.54 Å². The molecule has 0 fully saturated rings. The van der Waals surface area contributed by atoms with E-state index in [4.69, 9.17) is 9.47 Å². The van der Waals surface area contributed by atoms with Gasteiger partial charge in [0.25, 0.3) is 0 Å². The summed E-state index contributed by atoms with van der Waals surface area (Å²) in [6.45, 7) is 10.1. The summed E-state index contributed by atoms with van der Waals surface area (Å²) in [4.78, 5) is 0. The molecule has 4 heteroatoms. The van der Waals surface area contributed by atoms with Crippen LogP contribution in [0.1, 0.15) is 129 Å². The molecule has 0 heterocycles. The number of thioether (sulfide) groups is 1. The van der Waals surface area contributed by atoms with Crippen LogP contribution in [0.3, 0.4) is 0 Å². The van der Waals surface area contributed by atoms with E-state index < -0.39 is 0 Å². The molecule has 0 atom stereocenters. The Balaban J connectivity index is 3.27. The van der Waals surface area contributed by atoms with Crippen molar-refractivity contribution >= 4 is 11.8 Å². The number of likely N-dealkylation sites (N-methyl/N-ethyl adjacent to an activating group) is 1. The van der Waals surface area contributed by atoms with E-state index in [1.807, 2.05) is 11.8 Å². The second-order valence-corrected chi connectivity index (χ2v) is 12.1. The summed E-state index contributed by atoms with van der Waals surface area (Å²) >= 11 is 2.00. The largest absolute Gasteiger partial charge is 0.378 e. The van der Waals surface area contributed by atoms with E-state index in [1.165, 1.54) is 128 Å². The number of hydrogen-bond acceptors (Lipinski definition) is 3. The summed E-state index contributed by atoms with van der Waals surface area (Å²) in [5.41, 5.74) is 0. The lowest BCUT2D eigenvalue weighted by Gasteiger charge is -2.29. The molecule has 0 aliphatic rings. The van der Waals surface area contributed by atoms with Crippen molar-refractivity contribution in [3.63, 3.8) is 0 Å². The minimum Gasteiger partial charge on any atom is -0.378 e. The molecular formula is C30H64NO2S+. The van der Waals surface area contributed by atoms with Gasteiger partial charge in [-0.05, 0) is 25.0 Å². The van der Waals surface area contributed by atoms with Crippen LogP contribution >= 0.6 is 11.8 Å². The van der Waals surface area contributed by atoms with Gasteiger partial charge in [0.15, 0.2) is 0 Å². The smallest absolute Gasteiger partial charge is 0.102 e. The van der Waals surface area contributed by atoms with E-state index in [-0.39, 0.29) is 0 Å². The Hall–Kier alpha value is 0.230. The summed E-state index contributed by atoms with van der Waals surface area (Å²) in [5.74, 6) is 2.38. The van der Waals surface area contributed by atoms with Crippen molar-refractivity contribution in [3.8, 4) is 0 Å². The Morgan fingerprint density at radius 3 is 1.38 bits per heavy atom. The summed E-state index contributed by atoms with van der Waals surface area (Å²) in [6, 6.07) is 0. The van der Waals surface area contributed by atoms with Gasteiger partial charge in [-0.1, -0.05) is 110 Å². The quantitative estimate of drug-likeness (QED) is 0.0751. The molecule has 0 saturated carbocycles. The molecule has 0 spiro atoms. The third kappa shape index (κ3) is 28.5. The molecule has 0 rings (SSSR count). The molecule has 0 unspecified atom stereocenters. The molecule has 0 N–H and O–H groups in total. The molecule has 0 aromatic heterocycles. The zero-order valence-electron chi connectivity index (χ0n) is 24.1. The van der Waals surface area contributed by atoms with Crippen LogP contribution in [0, 0.1) is 0 Å². The fourth-order valence-corrected chi connectivity index (χ4v) is 5.23. The van der Waals surface area contributed by atoms with Crippen LogP contribution < -0.4 is 0 Å². The molecule has 3 nitrogen and oxygen atoms in total. The number of quaternary nitrogens is 1. The normalized spacial score (nSPS) is 12.0. The molecule has 0 amide bonds. The Morgan fingerprint density at radius 2 is 0.882 bits per heavy atom. The molecule has 0 bridgehead atoms. The van der Waals surface area contributed by atoms with Crippen molar-refractivity contribution in [2.24, 2.45) is 0 Å². The lowest BCUT2D eigenvalue weighted by atomic mass is 10.0. The van der Waals surface area contributed by atoms with Gasteiger partial charge in [0.05, 0.1) is 47.1 Å². The molecule has 0 aromatic carbocycles. The van der Waals surface area contributed by atoms with Gasteiger partial charge in [-0.15, -0.1) is 0 Å². The number of hydrogen-bond donors (Lipinski definition) is 0. The summed E-state index contributed by atoms with van der Waals surface area (Å²) in [6.07, 6.45) is 25.6. The van der Waals surface area contributed by atoms with E-state index in [0.29, 0.717) is 0 Å². The molecular weight excluding hydrogens is 438 g/mol. The van der Waals surface area contributed by atoms with Crippen LogP contribution in [-0.4, -0.2) is 69.6 Å². The monoisotopic (exact) mass is 502 g/mol. The number of rotatable bonds is 29. The zero-order chi connectivity index (χ0) is 25.0. The third-order valence-electron chi connectivity index (χ3n) is 6.84. The summed E-state index contributed by atoms with van der Waals surface area (Å²) < 4.78 is 12.5.